The van der Waals surface area contributed by atoms with Crippen molar-refractivity contribution in [3.8, 4) is 0 Å². The lowest BCUT2D eigenvalue weighted by Crippen LogP contribution is -2.43. The number of hydrogen-bond donors (Lipinski definition) is 1. The van der Waals surface area contributed by atoms with Crippen LogP contribution in [0.2, 0.25) is 0 Å². The van der Waals surface area contributed by atoms with Crippen molar-refractivity contribution in [2.24, 2.45) is 5.73 Å². The molecule has 1 atom stereocenters. The van der Waals surface area contributed by atoms with Crippen LogP contribution < -0.4 is 5.73 Å². The van der Waals surface area contributed by atoms with Crippen molar-refractivity contribution in [2.45, 2.75) is 18.6 Å². The maximum Gasteiger partial charge on any atom is 0.323 e. The van der Waals surface area contributed by atoms with Crippen molar-refractivity contribution in [3.05, 3.63) is 35.9 Å². The molecule has 1 aliphatic heterocycles. The lowest BCUT2D eigenvalue weighted by molar-refractivity contribution is -0.173. The predicted molar refractivity (Wildman–Crippen MR) is 58.8 cm³/mol. The van der Waals surface area contributed by atoms with E-state index in [4.69, 9.17) is 15.2 Å². The van der Waals surface area contributed by atoms with E-state index in [-0.39, 0.29) is 12.1 Å². The largest absolute Gasteiger partial charge is 0.456 e. The first-order valence-electron chi connectivity index (χ1n) is 5.33. The molecule has 0 saturated carbocycles. The van der Waals surface area contributed by atoms with E-state index >= 15 is 0 Å². The minimum atomic E-state index is -0.594. The van der Waals surface area contributed by atoms with E-state index in [1.165, 1.54) is 0 Å². The zero-order chi connectivity index (χ0) is 11.4. The van der Waals surface area contributed by atoms with E-state index in [0.29, 0.717) is 19.6 Å². The van der Waals surface area contributed by atoms with Crippen molar-refractivity contribution < 1.29 is 14.3 Å². The molecule has 0 unspecified atom stereocenters. The normalized spacial score (nSPS) is 17.6. The summed E-state index contributed by atoms with van der Waals surface area (Å²) in [6.45, 7) is 0.980. The highest BCUT2D eigenvalue weighted by atomic mass is 16.6. The lowest BCUT2D eigenvalue weighted by atomic mass is 10.1. The van der Waals surface area contributed by atoms with Gasteiger partial charge in [-0.3, -0.25) is 4.79 Å². The second-order valence-electron chi connectivity index (χ2n) is 3.89. The highest BCUT2D eigenvalue weighted by Crippen LogP contribution is 2.08. The van der Waals surface area contributed by atoms with Gasteiger partial charge in [-0.2, -0.15) is 0 Å². The van der Waals surface area contributed by atoms with Gasteiger partial charge in [0.15, 0.2) is 0 Å². The fourth-order valence-corrected chi connectivity index (χ4v) is 1.49. The van der Waals surface area contributed by atoms with Gasteiger partial charge < -0.3 is 15.2 Å². The van der Waals surface area contributed by atoms with E-state index in [2.05, 4.69) is 0 Å². The zero-order valence-corrected chi connectivity index (χ0v) is 8.96. The summed E-state index contributed by atoms with van der Waals surface area (Å²) in [5, 5.41) is 0. The van der Waals surface area contributed by atoms with Crippen LogP contribution in [0.4, 0.5) is 0 Å². The summed E-state index contributed by atoms with van der Waals surface area (Å²) < 4.78 is 10.0. The zero-order valence-electron chi connectivity index (χ0n) is 8.96. The van der Waals surface area contributed by atoms with Gasteiger partial charge in [0.05, 0.1) is 13.2 Å². The summed E-state index contributed by atoms with van der Waals surface area (Å²) in [6.07, 6.45) is 0.405. The van der Waals surface area contributed by atoms with Gasteiger partial charge in [0.2, 0.25) is 0 Å². The lowest BCUT2D eigenvalue weighted by Gasteiger charge is -2.26. The van der Waals surface area contributed by atoms with Crippen molar-refractivity contribution >= 4 is 5.97 Å². The Labute approximate surface area is 94.3 Å². The Kier molecular flexibility index (Phi) is 3.54. The summed E-state index contributed by atoms with van der Waals surface area (Å²) in [6, 6.07) is 9.07. The smallest absolute Gasteiger partial charge is 0.323 e. The SMILES string of the molecule is N[C@H](Cc1ccccc1)C(=O)OC1COC1. The highest BCUT2D eigenvalue weighted by molar-refractivity contribution is 5.76. The average molecular weight is 221 g/mol. The number of rotatable bonds is 4. The van der Waals surface area contributed by atoms with Crippen LogP contribution in [0.3, 0.4) is 0 Å². The van der Waals surface area contributed by atoms with Crippen LogP contribution in [0.5, 0.6) is 0 Å². The van der Waals surface area contributed by atoms with Crippen LogP contribution in [0.25, 0.3) is 0 Å². The number of carbonyl (C=O) groups is 1. The summed E-state index contributed by atoms with van der Waals surface area (Å²) in [4.78, 5) is 11.5. The first-order chi connectivity index (χ1) is 7.75. The molecule has 16 heavy (non-hydrogen) atoms. The monoisotopic (exact) mass is 221 g/mol. The van der Waals surface area contributed by atoms with E-state index in [1.54, 1.807) is 0 Å². The molecular formula is C12H15NO3. The van der Waals surface area contributed by atoms with Crippen molar-refractivity contribution in [2.75, 3.05) is 13.2 Å². The third-order valence-electron chi connectivity index (χ3n) is 2.49. The Morgan fingerprint density at radius 3 is 2.69 bits per heavy atom. The van der Waals surface area contributed by atoms with Crippen LogP contribution in [0.1, 0.15) is 5.56 Å². The molecule has 86 valence electrons. The van der Waals surface area contributed by atoms with Crippen LogP contribution >= 0.6 is 0 Å². The second kappa shape index (κ2) is 5.09. The molecule has 0 bridgehead atoms. The maximum absolute atomic E-state index is 11.5. The fraction of sp³-hybridized carbons (Fsp3) is 0.417. The van der Waals surface area contributed by atoms with Gasteiger partial charge in [-0.15, -0.1) is 0 Å². The Morgan fingerprint density at radius 2 is 2.12 bits per heavy atom. The molecule has 1 saturated heterocycles. The Bertz CT molecular complexity index is 349. The molecule has 1 fully saturated rings. The molecule has 1 aromatic rings. The van der Waals surface area contributed by atoms with E-state index in [1.807, 2.05) is 30.3 Å². The Balaban J connectivity index is 1.82. The molecule has 0 radical (unpaired) electrons. The molecule has 0 aromatic heterocycles. The first kappa shape index (κ1) is 11.1. The average Bonchev–Trinajstić information content (AvgIpc) is 2.24. The molecule has 1 aliphatic rings. The van der Waals surface area contributed by atoms with Crippen molar-refractivity contribution in [3.63, 3.8) is 0 Å². The molecular weight excluding hydrogens is 206 g/mol. The number of hydrogen-bond acceptors (Lipinski definition) is 4. The van der Waals surface area contributed by atoms with Crippen molar-refractivity contribution in [1.29, 1.82) is 0 Å². The number of nitrogens with two attached hydrogens (primary N) is 1. The van der Waals surface area contributed by atoms with E-state index in [0.717, 1.165) is 5.56 Å². The molecule has 2 N–H and O–H groups in total. The molecule has 0 amide bonds. The van der Waals surface area contributed by atoms with Crippen LogP contribution in [0, 0.1) is 0 Å². The Hall–Kier alpha value is -1.39. The number of carbonyl (C=O) groups excluding carboxylic acids is 1. The first-order valence-corrected chi connectivity index (χ1v) is 5.33. The Morgan fingerprint density at radius 1 is 1.44 bits per heavy atom. The molecule has 2 rings (SSSR count). The second-order valence-corrected chi connectivity index (χ2v) is 3.89. The quantitative estimate of drug-likeness (QED) is 0.752. The number of esters is 1. The molecule has 1 heterocycles. The number of ether oxygens (including phenoxy) is 2. The highest BCUT2D eigenvalue weighted by Gasteiger charge is 2.25. The van der Waals surface area contributed by atoms with Crippen LogP contribution in [0.15, 0.2) is 30.3 Å². The molecule has 1 aromatic carbocycles. The number of benzene rings is 1. The van der Waals surface area contributed by atoms with E-state index in [9.17, 15) is 4.79 Å². The maximum atomic E-state index is 11.5. The summed E-state index contributed by atoms with van der Waals surface area (Å²) in [5.74, 6) is -0.350. The van der Waals surface area contributed by atoms with Crippen LogP contribution in [-0.2, 0) is 20.7 Å². The third-order valence-corrected chi connectivity index (χ3v) is 2.49. The molecule has 0 aliphatic carbocycles. The summed E-state index contributed by atoms with van der Waals surface area (Å²) in [7, 11) is 0. The van der Waals surface area contributed by atoms with Gasteiger partial charge in [0.25, 0.3) is 0 Å². The molecule has 4 nitrogen and oxygen atoms in total. The van der Waals surface area contributed by atoms with Gasteiger partial charge in [0, 0.05) is 0 Å². The van der Waals surface area contributed by atoms with Crippen LogP contribution in [-0.4, -0.2) is 31.3 Å². The molecule has 0 spiro atoms. The fourth-order valence-electron chi connectivity index (χ4n) is 1.49. The minimum absolute atomic E-state index is 0.102. The van der Waals surface area contributed by atoms with E-state index < -0.39 is 6.04 Å². The summed E-state index contributed by atoms with van der Waals surface area (Å²) in [5.41, 5.74) is 6.80. The van der Waals surface area contributed by atoms with Gasteiger partial charge in [-0.25, -0.2) is 0 Å². The molecule has 4 heteroatoms. The van der Waals surface area contributed by atoms with Gasteiger partial charge in [-0.1, -0.05) is 30.3 Å². The topological polar surface area (TPSA) is 61.6 Å². The third kappa shape index (κ3) is 2.81. The standard InChI is InChI=1S/C12H15NO3/c13-11(6-9-4-2-1-3-5-9)12(14)16-10-7-15-8-10/h1-5,10-11H,6-8,13H2/t11-/m1/s1. The minimum Gasteiger partial charge on any atom is -0.456 e. The van der Waals surface area contributed by atoms with Crippen molar-refractivity contribution in [1.82, 2.24) is 0 Å². The van der Waals surface area contributed by atoms with Gasteiger partial charge >= 0.3 is 5.97 Å². The predicted octanol–water partition coefficient (Wildman–Crippen LogP) is 0.498. The summed E-state index contributed by atoms with van der Waals surface area (Å²) >= 11 is 0. The van der Waals surface area contributed by atoms with Gasteiger partial charge in [0.1, 0.15) is 12.1 Å². The van der Waals surface area contributed by atoms with Gasteiger partial charge in [-0.05, 0) is 12.0 Å².